The number of halogens is 1. The molecule has 1 amide bonds. The van der Waals surface area contributed by atoms with Crippen LogP contribution in [0.4, 0.5) is 10.1 Å². The van der Waals surface area contributed by atoms with Crippen molar-refractivity contribution in [3.05, 3.63) is 52.6 Å². The van der Waals surface area contributed by atoms with Crippen LogP contribution in [0.15, 0.2) is 24.3 Å². The van der Waals surface area contributed by atoms with Crippen molar-refractivity contribution < 1.29 is 23.8 Å². The van der Waals surface area contributed by atoms with Crippen LogP contribution in [0.5, 0.6) is 0 Å². The fraction of sp³-hybridized carbons (Fsp3) is 0.294. The standard InChI is InChI=1S/C17H19FN2O4/c1-9-15(11(3)21)10(2)19-16(9)17(23)24-8-14(22)20-13-7-5-4-6-12(13)18/h4-7,11,19,21H,8H2,1-3H3,(H,20,22)/t11-/m1/s1. The van der Waals surface area contributed by atoms with E-state index in [0.717, 1.165) is 0 Å². The molecular formula is C17H19FN2O4. The van der Waals surface area contributed by atoms with E-state index in [1.54, 1.807) is 26.8 Å². The summed E-state index contributed by atoms with van der Waals surface area (Å²) in [5.74, 6) is -1.94. The molecule has 2 rings (SSSR count). The van der Waals surface area contributed by atoms with Gasteiger partial charge < -0.3 is 20.1 Å². The van der Waals surface area contributed by atoms with Gasteiger partial charge in [0, 0.05) is 11.3 Å². The average Bonchev–Trinajstić information content (AvgIpc) is 2.82. The average molecular weight is 334 g/mol. The summed E-state index contributed by atoms with van der Waals surface area (Å²) >= 11 is 0. The molecule has 0 radical (unpaired) electrons. The maximum absolute atomic E-state index is 13.4. The van der Waals surface area contributed by atoms with Gasteiger partial charge in [0.15, 0.2) is 6.61 Å². The number of rotatable bonds is 5. The summed E-state index contributed by atoms with van der Waals surface area (Å²) in [5, 5.41) is 12.0. The van der Waals surface area contributed by atoms with Crippen LogP contribution in [0.25, 0.3) is 0 Å². The monoisotopic (exact) mass is 334 g/mol. The maximum Gasteiger partial charge on any atom is 0.355 e. The first-order valence-corrected chi connectivity index (χ1v) is 7.40. The molecule has 0 aliphatic carbocycles. The van der Waals surface area contributed by atoms with E-state index in [-0.39, 0.29) is 11.4 Å². The zero-order chi connectivity index (χ0) is 17.9. The van der Waals surface area contributed by atoms with Gasteiger partial charge in [-0.1, -0.05) is 12.1 Å². The van der Waals surface area contributed by atoms with E-state index in [0.29, 0.717) is 16.8 Å². The molecule has 128 valence electrons. The van der Waals surface area contributed by atoms with Gasteiger partial charge >= 0.3 is 5.97 Å². The third-order valence-corrected chi connectivity index (χ3v) is 3.60. The van der Waals surface area contributed by atoms with Gasteiger partial charge in [-0.05, 0) is 38.5 Å². The van der Waals surface area contributed by atoms with E-state index in [1.165, 1.54) is 18.2 Å². The lowest BCUT2D eigenvalue weighted by Gasteiger charge is -2.08. The third-order valence-electron chi connectivity index (χ3n) is 3.60. The number of nitrogens with one attached hydrogen (secondary N) is 2. The van der Waals surface area contributed by atoms with Crippen molar-refractivity contribution >= 4 is 17.6 Å². The Balaban J connectivity index is 2.00. The molecule has 0 bridgehead atoms. The fourth-order valence-electron chi connectivity index (χ4n) is 2.55. The predicted octanol–water partition coefficient (Wildman–Crippen LogP) is 2.62. The quantitative estimate of drug-likeness (QED) is 0.733. The van der Waals surface area contributed by atoms with Crippen molar-refractivity contribution in [2.24, 2.45) is 0 Å². The van der Waals surface area contributed by atoms with Crippen molar-refractivity contribution in [3.63, 3.8) is 0 Å². The van der Waals surface area contributed by atoms with Gasteiger partial charge in [-0.2, -0.15) is 0 Å². The number of amides is 1. The highest BCUT2D eigenvalue weighted by Crippen LogP contribution is 2.24. The van der Waals surface area contributed by atoms with Crippen LogP contribution in [0.1, 0.15) is 40.3 Å². The first-order valence-electron chi connectivity index (χ1n) is 7.40. The smallest absolute Gasteiger partial charge is 0.355 e. The van der Waals surface area contributed by atoms with Crippen molar-refractivity contribution in [1.29, 1.82) is 0 Å². The number of para-hydroxylation sites is 1. The number of aryl methyl sites for hydroxylation is 1. The number of aromatic nitrogens is 1. The molecule has 1 heterocycles. The number of anilines is 1. The Kier molecular flexibility index (Phi) is 5.35. The van der Waals surface area contributed by atoms with Gasteiger partial charge in [0.1, 0.15) is 11.5 Å². The van der Waals surface area contributed by atoms with Crippen molar-refractivity contribution in [2.45, 2.75) is 26.9 Å². The van der Waals surface area contributed by atoms with Crippen LogP contribution in [0.3, 0.4) is 0 Å². The van der Waals surface area contributed by atoms with Crippen LogP contribution < -0.4 is 5.32 Å². The van der Waals surface area contributed by atoms with Gasteiger partial charge in [-0.3, -0.25) is 4.79 Å². The number of esters is 1. The number of aromatic amines is 1. The minimum atomic E-state index is -0.729. The second-order valence-corrected chi connectivity index (χ2v) is 5.44. The van der Waals surface area contributed by atoms with Gasteiger partial charge in [0.05, 0.1) is 11.8 Å². The number of H-pyrrole nitrogens is 1. The van der Waals surface area contributed by atoms with Crippen LogP contribution in [0.2, 0.25) is 0 Å². The van der Waals surface area contributed by atoms with E-state index >= 15 is 0 Å². The van der Waals surface area contributed by atoms with E-state index in [2.05, 4.69) is 10.3 Å². The molecule has 1 aromatic heterocycles. The third kappa shape index (κ3) is 3.80. The van der Waals surface area contributed by atoms with Crippen molar-refractivity contribution in [1.82, 2.24) is 4.98 Å². The molecule has 0 saturated carbocycles. The first-order chi connectivity index (χ1) is 11.3. The highest BCUT2D eigenvalue weighted by molar-refractivity contribution is 5.95. The molecule has 0 spiro atoms. The first kappa shape index (κ1) is 17.7. The van der Waals surface area contributed by atoms with Crippen molar-refractivity contribution in [2.75, 3.05) is 11.9 Å². The highest BCUT2D eigenvalue weighted by Gasteiger charge is 2.21. The molecule has 24 heavy (non-hydrogen) atoms. The molecule has 3 N–H and O–H groups in total. The normalized spacial score (nSPS) is 11.9. The van der Waals surface area contributed by atoms with Crippen LogP contribution in [-0.4, -0.2) is 28.6 Å². The largest absolute Gasteiger partial charge is 0.451 e. The SMILES string of the molecule is Cc1[nH]c(C(=O)OCC(=O)Nc2ccccc2F)c(C)c1[C@@H](C)O. The van der Waals surface area contributed by atoms with Crippen LogP contribution in [0, 0.1) is 19.7 Å². The number of hydrogen-bond acceptors (Lipinski definition) is 4. The summed E-state index contributed by atoms with van der Waals surface area (Å²) in [6.45, 7) is 4.47. The topological polar surface area (TPSA) is 91.4 Å². The lowest BCUT2D eigenvalue weighted by molar-refractivity contribution is -0.119. The summed E-state index contributed by atoms with van der Waals surface area (Å²) < 4.78 is 18.4. The Hall–Kier alpha value is -2.67. The van der Waals surface area contributed by atoms with E-state index < -0.39 is 30.4 Å². The van der Waals surface area contributed by atoms with Gasteiger partial charge in [0.25, 0.3) is 5.91 Å². The minimum absolute atomic E-state index is 0.0156. The maximum atomic E-state index is 13.4. The minimum Gasteiger partial charge on any atom is -0.451 e. The molecular weight excluding hydrogens is 315 g/mol. The number of aliphatic hydroxyl groups excluding tert-OH is 1. The molecule has 0 aliphatic heterocycles. The Morgan fingerprint density at radius 1 is 1.33 bits per heavy atom. The number of benzene rings is 1. The molecule has 0 fully saturated rings. The van der Waals surface area contributed by atoms with E-state index in [9.17, 15) is 19.1 Å². The highest BCUT2D eigenvalue weighted by atomic mass is 19.1. The zero-order valence-electron chi connectivity index (χ0n) is 13.6. The second-order valence-electron chi connectivity index (χ2n) is 5.44. The molecule has 7 heteroatoms. The molecule has 0 aliphatic rings. The Labute approximate surface area is 138 Å². The van der Waals surface area contributed by atoms with Crippen LogP contribution in [-0.2, 0) is 9.53 Å². The number of hydrogen-bond donors (Lipinski definition) is 3. The summed E-state index contributed by atoms with van der Waals surface area (Å²) in [6, 6.07) is 5.70. The molecule has 0 saturated heterocycles. The number of carbonyl (C=O) groups is 2. The van der Waals surface area contributed by atoms with Gasteiger partial charge in [-0.25, -0.2) is 9.18 Å². The molecule has 2 aromatic rings. The number of aliphatic hydroxyl groups is 1. The second kappa shape index (κ2) is 7.27. The van der Waals surface area contributed by atoms with E-state index in [1.807, 2.05) is 0 Å². The Bertz CT molecular complexity index is 768. The Morgan fingerprint density at radius 2 is 2.00 bits per heavy atom. The molecule has 0 unspecified atom stereocenters. The Morgan fingerprint density at radius 3 is 2.58 bits per heavy atom. The molecule has 1 atom stereocenters. The number of ether oxygens (including phenoxy) is 1. The fourth-order valence-corrected chi connectivity index (χ4v) is 2.55. The summed E-state index contributed by atoms with van der Waals surface area (Å²) in [6.07, 6.45) is -0.729. The van der Waals surface area contributed by atoms with Crippen LogP contribution >= 0.6 is 0 Å². The zero-order valence-corrected chi connectivity index (χ0v) is 13.6. The summed E-state index contributed by atoms with van der Waals surface area (Å²) in [7, 11) is 0. The van der Waals surface area contributed by atoms with Gasteiger partial charge in [-0.15, -0.1) is 0 Å². The lowest BCUT2D eigenvalue weighted by atomic mass is 10.1. The molecule has 1 aromatic carbocycles. The van der Waals surface area contributed by atoms with E-state index in [4.69, 9.17) is 4.74 Å². The van der Waals surface area contributed by atoms with Gasteiger partial charge in [0.2, 0.25) is 0 Å². The molecule has 6 nitrogen and oxygen atoms in total. The summed E-state index contributed by atoms with van der Waals surface area (Å²) in [4.78, 5) is 26.7. The summed E-state index contributed by atoms with van der Waals surface area (Å²) in [5.41, 5.74) is 2.05. The predicted molar refractivity (Wildman–Crippen MR) is 86.2 cm³/mol. The lowest BCUT2D eigenvalue weighted by Crippen LogP contribution is -2.21. The number of carbonyl (C=O) groups excluding carboxylic acids is 2. The van der Waals surface area contributed by atoms with Crippen molar-refractivity contribution in [3.8, 4) is 0 Å².